The van der Waals surface area contributed by atoms with Crippen molar-refractivity contribution in [3.8, 4) is 5.75 Å². The van der Waals surface area contributed by atoms with E-state index in [2.05, 4.69) is 25.6 Å². The molecule has 0 spiro atoms. The monoisotopic (exact) mass is 435 g/mol. The predicted molar refractivity (Wildman–Crippen MR) is 117 cm³/mol. The lowest BCUT2D eigenvalue weighted by molar-refractivity contribution is 0.0944. The fourth-order valence-corrected chi connectivity index (χ4v) is 3.29. The number of amides is 1. The summed E-state index contributed by atoms with van der Waals surface area (Å²) in [4.78, 5) is 12.0. The van der Waals surface area contributed by atoms with Crippen LogP contribution in [0.4, 0.5) is 10.2 Å². The van der Waals surface area contributed by atoms with Gasteiger partial charge in [-0.1, -0.05) is 42.5 Å². The first kappa shape index (κ1) is 21.3. The number of benzene rings is 3. The molecule has 8 nitrogen and oxygen atoms in total. The van der Waals surface area contributed by atoms with E-state index in [9.17, 15) is 9.18 Å². The van der Waals surface area contributed by atoms with Crippen LogP contribution in [-0.2, 0) is 13.2 Å². The summed E-state index contributed by atoms with van der Waals surface area (Å²) in [6.45, 7) is 1.73. The molecule has 0 atom stereocenters. The van der Waals surface area contributed by atoms with E-state index in [1.165, 1.54) is 12.1 Å². The molecule has 9 heteroatoms. The summed E-state index contributed by atoms with van der Waals surface area (Å²) in [6.07, 6.45) is 0. The number of ether oxygens (including phenoxy) is 1. The summed E-state index contributed by atoms with van der Waals surface area (Å²) in [5.74, 6) is -0.0295. The molecule has 32 heavy (non-hydrogen) atoms. The SMILES string of the molecule is Nc1nonc1C(=O)NCCNCc1c(OCc2ccc(F)cc2)ccc2ccccc12. The maximum Gasteiger partial charge on any atom is 0.277 e. The third kappa shape index (κ3) is 5.01. The largest absolute Gasteiger partial charge is 0.489 e. The molecule has 4 N–H and O–H groups in total. The smallest absolute Gasteiger partial charge is 0.277 e. The highest BCUT2D eigenvalue weighted by Crippen LogP contribution is 2.28. The van der Waals surface area contributed by atoms with Crippen LogP contribution < -0.4 is 21.1 Å². The minimum absolute atomic E-state index is 0.0319. The number of anilines is 1. The topological polar surface area (TPSA) is 115 Å². The summed E-state index contributed by atoms with van der Waals surface area (Å²) >= 11 is 0. The zero-order valence-corrected chi connectivity index (χ0v) is 17.2. The van der Waals surface area contributed by atoms with Crippen LogP contribution in [0.2, 0.25) is 0 Å². The molecule has 1 aromatic heterocycles. The highest BCUT2D eigenvalue weighted by molar-refractivity contribution is 5.95. The summed E-state index contributed by atoms with van der Waals surface area (Å²) < 4.78 is 23.6. The maximum atomic E-state index is 13.1. The highest BCUT2D eigenvalue weighted by atomic mass is 19.1. The van der Waals surface area contributed by atoms with Gasteiger partial charge in [0.2, 0.25) is 11.5 Å². The Morgan fingerprint density at radius 3 is 2.62 bits per heavy atom. The van der Waals surface area contributed by atoms with Gasteiger partial charge in [-0.25, -0.2) is 9.02 Å². The second-order valence-electron chi connectivity index (χ2n) is 7.11. The standard InChI is InChI=1S/C23H22FN5O3/c24-17-8-5-15(6-9-17)14-31-20-10-7-16-3-1-2-4-18(16)19(20)13-26-11-12-27-23(30)21-22(25)29-32-28-21/h1-10,26H,11-14H2,(H2,25,29)(H,27,30). The van der Waals surface area contributed by atoms with Gasteiger partial charge in [-0.05, 0) is 44.8 Å². The van der Waals surface area contributed by atoms with E-state index < -0.39 is 5.91 Å². The number of hydrogen-bond acceptors (Lipinski definition) is 7. The van der Waals surface area contributed by atoms with Crippen molar-refractivity contribution < 1.29 is 18.6 Å². The molecule has 0 unspecified atom stereocenters. The lowest BCUT2D eigenvalue weighted by Gasteiger charge is -2.15. The molecule has 4 rings (SSSR count). The van der Waals surface area contributed by atoms with E-state index in [1.54, 1.807) is 12.1 Å². The number of halogens is 1. The molecule has 0 saturated carbocycles. The van der Waals surface area contributed by atoms with Gasteiger partial charge in [0, 0.05) is 25.2 Å². The molecule has 0 bridgehead atoms. The second-order valence-corrected chi connectivity index (χ2v) is 7.11. The summed E-state index contributed by atoms with van der Waals surface area (Å²) in [5, 5.41) is 15.1. The number of carbonyl (C=O) groups excluding carboxylic acids is 1. The quantitative estimate of drug-likeness (QED) is 0.346. The molecule has 0 aliphatic rings. The van der Waals surface area contributed by atoms with Crippen LogP contribution in [-0.4, -0.2) is 29.3 Å². The molecule has 0 radical (unpaired) electrons. The summed E-state index contributed by atoms with van der Waals surface area (Å²) in [5.41, 5.74) is 7.37. The molecule has 1 heterocycles. The lowest BCUT2D eigenvalue weighted by Crippen LogP contribution is -2.32. The van der Waals surface area contributed by atoms with E-state index in [1.807, 2.05) is 36.4 Å². The van der Waals surface area contributed by atoms with Crippen molar-refractivity contribution in [3.05, 3.63) is 83.3 Å². The normalized spacial score (nSPS) is 10.9. The zero-order chi connectivity index (χ0) is 22.3. The van der Waals surface area contributed by atoms with Crippen molar-refractivity contribution in [3.63, 3.8) is 0 Å². The number of nitrogens with zero attached hydrogens (tertiary/aromatic N) is 2. The first-order valence-corrected chi connectivity index (χ1v) is 10.1. The van der Waals surface area contributed by atoms with E-state index in [0.717, 1.165) is 27.6 Å². The Balaban J connectivity index is 1.39. The molecule has 0 aliphatic carbocycles. The van der Waals surface area contributed by atoms with Crippen LogP contribution >= 0.6 is 0 Å². The molecule has 4 aromatic rings. The number of aromatic nitrogens is 2. The number of nitrogen functional groups attached to an aromatic ring is 1. The van der Waals surface area contributed by atoms with Crippen molar-refractivity contribution in [2.45, 2.75) is 13.2 Å². The Morgan fingerprint density at radius 2 is 1.84 bits per heavy atom. The molecule has 3 aromatic carbocycles. The van der Waals surface area contributed by atoms with Crippen LogP contribution in [0.15, 0.2) is 65.3 Å². The van der Waals surface area contributed by atoms with Crippen molar-refractivity contribution in [1.82, 2.24) is 20.9 Å². The van der Waals surface area contributed by atoms with Crippen LogP contribution in [0, 0.1) is 5.82 Å². The second kappa shape index (κ2) is 9.88. The molecule has 0 fully saturated rings. The number of fused-ring (bicyclic) bond motifs is 1. The van der Waals surface area contributed by atoms with Gasteiger partial charge in [0.1, 0.15) is 18.2 Å². The average molecular weight is 435 g/mol. The molecule has 164 valence electrons. The van der Waals surface area contributed by atoms with E-state index in [4.69, 9.17) is 10.5 Å². The third-order valence-corrected chi connectivity index (χ3v) is 4.92. The van der Waals surface area contributed by atoms with E-state index in [-0.39, 0.29) is 17.3 Å². The first-order chi connectivity index (χ1) is 15.6. The van der Waals surface area contributed by atoms with Crippen molar-refractivity contribution in [1.29, 1.82) is 0 Å². The van der Waals surface area contributed by atoms with E-state index >= 15 is 0 Å². The van der Waals surface area contributed by atoms with Crippen LogP contribution in [0.3, 0.4) is 0 Å². The molecular weight excluding hydrogens is 413 g/mol. The predicted octanol–water partition coefficient (Wildman–Crippen LogP) is 3.04. The Morgan fingerprint density at radius 1 is 1.03 bits per heavy atom. The number of hydrogen-bond donors (Lipinski definition) is 3. The lowest BCUT2D eigenvalue weighted by atomic mass is 10.0. The van der Waals surface area contributed by atoms with Gasteiger partial charge >= 0.3 is 0 Å². The minimum atomic E-state index is -0.445. The Hall–Kier alpha value is -3.98. The first-order valence-electron chi connectivity index (χ1n) is 10.1. The number of carbonyl (C=O) groups is 1. The number of nitrogens with two attached hydrogens (primary N) is 1. The average Bonchev–Trinajstić information content (AvgIpc) is 3.24. The van der Waals surface area contributed by atoms with Crippen molar-refractivity contribution in [2.24, 2.45) is 0 Å². The van der Waals surface area contributed by atoms with Gasteiger partial charge in [-0.15, -0.1) is 0 Å². The fraction of sp³-hybridized carbons (Fsp3) is 0.174. The molecule has 0 aliphatic heterocycles. The minimum Gasteiger partial charge on any atom is -0.489 e. The van der Waals surface area contributed by atoms with Gasteiger partial charge in [-0.2, -0.15) is 0 Å². The fourth-order valence-electron chi connectivity index (χ4n) is 3.29. The Labute approximate surface area is 183 Å². The van der Waals surface area contributed by atoms with Gasteiger partial charge in [-0.3, -0.25) is 4.79 Å². The van der Waals surface area contributed by atoms with Gasteiger partial charge in [0.05, 0.1) is 0 Å². The van der Waals surface area contributed by atoms with Crippen LogP contribution in [0.5, 0.6) is 5.75 Å². The Bertz CT molecular complexity index is 1210. The Kier molecular flexibility index (Phi) is 6.57. The zero-order valence-electron chi connectivity index (χ0n) is 17.2. The van der Waals surface area contributed by atoms with E-state index in [0.29, 0.717) is 26.2 Å². The van der Waals surface area contributed by atoms with Gasteiger partial charge in [0.15, 0.2) is 0 Å². The van der Waals surface area contributed by atoms with Crippen LogP contribution in [0.1, 0.15) is 21.6 Å². The summed E-state index contributed by atoms with van der Waals surface area (Å²) in [7, 11) is 0. The van der Waals surface area contributed by atoms with Crippen molar-refractivity contribution in [2.75, 3.05) is 18.8 Å². The van der Waals surface area contributed by atoms with Crippen molar-refractivity contribution >= 4 is 22.5 Å². The highest BCUT2D eigenvalue weighted by Gasteiger charge is 2.15. The number of nitrogens with one attached hydrogen (secondary N) is 2. The van der Waals surface area contributed by atoms with Gasteiger partial charge in [0.25, 0.3) is 5.91 Å². The molecule has 0 saturated heterocycles. The number of rotatable bonds is 9. The van der Waals surface area contributed by atoms with Crippen LogP contribution in [0.25, 0.3) is 10.8 Å². The maximum absolute atomic E-state index is 13.1. The summed E-state index contributed by atoms with van der Waals surface area (Å²) in [6, 6.07) is 18.2. The molecular formula is C23H22FN5O3. The third-order valence-electron chi connectivity index (χ3n) is 4.92. The molecule has 1 amide bonds. The van der Waals surface area contributed by atoms with Gasteiger partial charge < -0.3 is 21.1 Å².